The fraction of sp³-hybridized carbons (Fsp3) is 0.600. The normalized spacial score (nSPS) is 12.3. The summed E-state index contributed by atoms with van der Waals surface area (Å²) in [4.78, 5) is 2.48. The van der Waals surface area contributed by atoms with Gasteiger partial charge in [-0.3, -0.25) is 0 Å². The summed E-state index contributed by atoms with van der Waals surface area (Å²) in [7, 11) is -1.46. The van der Waals surface area contributed by atoms with E-state index >= 15 is 0 Å². The van der Waals surface area contributed by atoms with Gasteiger partial charge in [-0.2, -0.15) is 0 Å². The second kappa shape index (κ2) is 7.77. The van der Waals surface area contributed by atoms with Crippen molar-refractivity contribution in [3.05, 3.63) is 23.8 Å². The van der Waals surface area contributed by atoms with Crippen molar-refractivity contribution in [3.63, 3.8) is 0 Å². The van der Waals surface area contributed by atoms with Gasteiger partial charge in [0.25, 0.3) is 0 Å². The van der Waals surface area contributed by atoms with E-state index in [1.54, 1.807) is 12.1 Å². The lowest BCUT2D eigenvalue weighted by molar-refractivity contribution is 0.271. The summed E-state index contributed by atoms with van der Waals surface area (Å²) in [6.07, 6.45) is 1.43. The Hall–Kier alpha value is -1.11. The Morgan fingerprint density at radius 2 is 2.00 bits per heavy atom. The highest BCUT2D eigenvalue weighted by molar-refractivity contribution is 7.89. The Morgan fingerprint density at radius 3 is 2.57 bits per heavy atom. The molecular formula is C15H27N3O2S. The van der Waals surface area contributed by atoms with Crippen LogP contribution in [0.5, 0.6) is 0 Å². The second-order valence-electron chi connectivity index (χ2n) is 5.55. The van der Waals surface area contributed by atoms with Gasteiger partial charge in [-0.1, -0.05) is 13.0 Å². The van der Waals surface area contributed by atoms with Crippen LogP contribution in [0.4, 0.5) is 5.69 Å². The average molecular weight is 313 g/mol. The van der Waals surface area contributed by atoms with Crippen LogP contribution in [0.25, 0.3) is 0 Å². The number of hydrogen-bond acceptors (Lipinski definition) is 4. The summed E-state index contributed by atoms with van der Waals surface area (Å²) >= 11 is 0. The molecule has 1 aromatic rings. The van der Waals surface area contributed by atoms with Crippen molar-refractivity contribution >= 4 is 15.7 Å². The first-order valence-electron chi connectivity index (χ1n) is 7.36. The lowest BCUT2D eigenvalue weighted by Gasteiger charge is -2.20. The fourth-order valence-corrected chi connectivity index (χ4v) is 3.40. The Labute approximate surface area is 128 Å². The molecule has 0 atom stereocenters. The van der Waals surface area contributed by atoms with Crippen molar-refractivity contribution < 1.29 is 8.42 Å². The number of nitrogens with one attached hydrogen (secondary N) is 1. The number of rotatable bonds is 8. The number of nitrogens with two attached hydrogens (primary N) is 1. The van der Waals surface area contributed by atoms with Crippen molar-refractivity contribution in [2.24, 2.45) is 0 Å². The molecule has 0 aliphatic heterocycles. The molecule has 0 saturated carbocycles. The highest BCUT2D eigenvalue weighted by Crippen LogP contribution is 2.19. The molecule has 0 saturated heterocycles. The van der Waals surface area contributed by atoms with E-state index in [1.807, 2.05) is 14.0 Å². The van der Waals surface area contributed by atoms with Gasteiger partial charge in [0.05, 0.1) is 4.90 Å². The van der Waals surface area contributed by atoms with E-state index in [1.165, 1.54) is 6.07 Å². The monoisotopic (exact) mass is 313 g/mol. The van der Waals surface area contributed by atoms with E-state index in [0.29, 0.717) is 29.6 Å². The molecule has 21 heavy (non-hydrogen) atoms. The molecule has 5 nitrogen and oxygen atoms in total. The van der Waals surface area contributed by atoms with Crippen molar-refractivity contribution in [1.82, 2.24) is 9.62 Å². The molecule has 0 bridgehead atoms. The van der Waals surface area contributed by atoms with Crippen LogP contribution in [-0.4, -0.2) is 39.5 Å². The van der Waals surface area contributed by atoms with Crippen LogP contribution in [0.2, 0.25) is 0 Å². The Balaban J connectivity index is 2.68. The molecule has 3 N–H and O–H groups in total. The molecule has 120 valence electrons. The summed E-state index contributed by atoms with van der Waals surface area (Å²) in [5.74, 6) is 0. The minimum absolute atomic E-state index is 0.294. The van der Waals surface area contributed by atoms with Crippen LogP contribution in [0.3, 0.4) is 0 Å². The van der Waals surface area contributed by atoms with Crippen LogP contribution in [-0.2, 0) is 16.4 Å². The lowest BCUT2D eigenvalue weighted by atomic mass is 10.1. The maximum absolute atomic E-state index is 12.4. The highest BCUT2D eigenvalue weighted by Gasteiger charge is 2.17. The number of sulfonamides is 1. The molecule has 0 aromatic heterocycles. The summed E-state index contributed by atoms with van der Waals surface area (Å²) in [6, 6.07) is 5.50. The number of nitrogen functional groups attached to an aromatic ring is 1. The maximum atomic E-state index is 12.4. The molecule has 0 radical (unpaired) electrons. The van der Waals surface area contributed by atoms with Gasteiger partial charge in [-0.05, 0) is 58.0 Å². The molecule has 0 spiro atoms. The average Bonchev–Trinajstić information content (AvgIpc) is 2.43. The topological polar surface area (TPSA) is 75.4 Å². The minimum Gasteiger partial charge on any atom is -0.399 e. The third-order valence-electron chi connectivity index (χ3n) is 3.62. The fourth-order valence-electron chi connectivity index (χ4n) is 1.98. The van der Waals surface area contributed by atoms with Gasteiger partial charge in [-0.25, -0.2) is 13.1 Å². The van der Waals surface area contributed by atoms with Gasteiger partial charge >= 0.3 is 0 Å². The van der Waals surface area contributed by atoms with E-state index in [2.05, 4.69) is 23.5 Å². The zero-order valence-electron chi connectivity index (χ0n) is 13.4. The smallest absolute Gasteiger partial charge is 0.240 e. The first-order valence-corrected chi connectivity index (χ1v) is 8.84. The zero-order valence-corrected chi connectivity index (χ0v) is 14.2. The molecule has 1 rings (SSSR count). The molecule has 0 amide bonds. The van der Waals surface area contributed by atoms with Gasteiger partial charge in [0, 0.05) is 18.3 Å². The van der Waals surface area contributed by atoms with Crippen LogP contribution in [0.1, 0.15) is 32.8 Å². The Kier molecular flexibility index (Phi) is 6.64. The molecule has 6 heteroatoms. The van der Waals surface area contributed by atoms with Crippen LogP contribution >= 0.6 is 0 Å². The van der Waals surface area contributed by atoms with E-state index < -0.39 is 10.0 Å². The first kappa shape index (κ1) is 17.9. The van der Waals surface area contributed by atoms with E-state index in [9.17, 15) is 8.42 Å². The summed E-state index contributed by atoms with van der Waals surface area (Å²) < 4.78 is 27.4. The SMILES string of the molecule is CCc1ccc(N)cc1S(=O)(=O)NCCCN(C)C(C)C. The summed E-state index contributed by atoms with van der Waals surface area (Å²) in [6.45, 7) is 7.45. The van der Waals surface area contributed by atoms with Gasteiger partial charge in [0.2, 0.25) is 10.0 Å². The largest absolute Gasteiger partial charge is 0.399 e. The van der Waals surface area contributed by atoms with Crippen molar-refractivity contribution in [1.29, 1.82) is 0 Å². The van der Waals surface area contributed by atoms with Crippen LogP contribution < -0.4 is 10.5 Å². The van der Waals surface area contributed by atoms with E-state index in [4.69, 9.17) is 5.73 Å². The molecule has 0 unspecified atom stereocenters. The number of aryl methyl sites for hydroxylation is 1. The number of nitrogens with zero attached hydrogens (tertiary/aromatic N) is 1. The zero-order chi connectivity index (χ0) is 16.0. The maximum Gasteiger partial charge on any atom is 0.240 e. The molecule has 0 heterocycles. The Morgan fingerprint density at radius 1 is 1.33 bits per heavy atom. The predicted octanol–water partition coefficient (Wildman–Crippen LogP) is 1.84. The number of benzene rings is 1. The standard InChI is InChI=1S/C15H27N3O2S/c1-5-13-7-8-14(16)11-15(13)21(19,20)17-9-6-10-18(4)12(2)3/h7-8,11-12,17H,5-6,9-10,16H2,1-4H3. The molecular weight excluding hydrogens is 286 g/mol. The van der Waals surface area contributed by atoms with Gasteiger partial charge in [0.15, 0.2) is 0 Å². The molecule has 1 aromatic carbocycles. The van der Waals surface area contributed by atoms with Crippen molar-refractivity contribution in [2.45, 2.75) is 44.6 Å². The minimum atomic E-state index is -3.49. The second-order valence-corrected chi connectivity index (χ2v) is 7.28. The molecule has 0 fully saturated rings. The lowest BCUT2D eigenvalue weighted by Crippen LogP contribution is -2.31. The van der Waals surface area contributed by atoms with Crippen molar-refractivity contribution in [2.75, 3.05) is 25.9 Å². The van der Waals surface area contributed by atoms with Gasteiger partial charge in [-0.15, -0.1) is 0 Å². The van der Waals surface area contributed by atoms with Crippen LogP contribution in [0, 0.1) is 0 Å². The molecule has 0 aliphatic carbocycles. The van der Waals surface area contributed by atoms with E-state index in [-0.39, 0.29) is 0 Å². The quantitative estimate of drug-likeness (QED) is 0.567. The third-order valence-corrected chi connectivity index (χ3v) is 5.17. The number of hydrogen-bond donors (Lipinski definition) is 2. The van der Waals surface area contributed by atoms with Gasteiger partial charge in [0.1, 0.15) is 0 Å². The van der Waals surface area contributed by atoms with Crippen molar-refractivity contribution in [3.8, 4) is 0 Å². The van der Waals surface area contributed by atoms with E-state index in [0.717, 1.165) is 18.5 Å². The number of anilines is 1. The summed E-state index contributed by atoms with van der Waals surface area (Å²) in [5, 5.41) is 0. The first-order chi connectivity index (χ1) is 9.77. The Bertz CT molecular complexity index is 556. The van der Waals surface area contributed by atoms with Crippen LogP contribution in [0.15, 0.2) is 23.1 Å². The molecule has 0 aliphatic rings. The highest BCUT2D eigenvalue weighted by atomic mass is 32.2. The third kappa shape index (κ3) is 5.30. The van der Waals surface area contributed by atoms with Gasteiger partial charge < -0.3 is 10.6 Å². The predicted molar refractivity (Wildman–Crippen MR) is 87.8 cm³/mol. The summed E-state index contributed by atoms with van der Waals surface area (Å²) in [5.41, 5.74) is 6.96.